The van der Waals surface area contributed by atoms with E-state index in [1.54, 1.807) is 60.5 Å². The molecule has 3 amide bonds. The van der Waals surface area contributed by atoms with Gasteiger partial charge in [0.05, 0.1) is 22.5 Å². The number of fused-ring (bicyclic) bond motifs is 3. The number of hydrogen-bond donors (Lipinski definition) is 2. The molecule has 5 heterocycles. The molecule has 3 aliphatic rings. The van der Waals surface area contributed by atoms with Gasteiger partial charge < -0.3 is 25.2 Å². The number of amides is 3. The SMILES string of the molecule is Cc1cnc(N2CC3(CCOCC3)C2)c(C(=O)Nc2ccc(C(=O)N3CCc4c(sc(C(=O)Nc5c(C)cccc5C#N)c4F)-c4ccccc43)cc2)c1. The van der Waals surface area contributed by atoms with Crippen LogP contribution in [0.15, 0.2) is 79.0 Å². The molecule has 0 aliphatic carbocycles. The monoisotopic (exact) mass is 740 g/mol. The second-order valence-electron chi connectivity index (χ2n) is 14.2. The van der Waals surface area contributed by atoms with Gasteiger partial charge in [-0.2, -0.15) is 5.26 Å². The van der Waals surface area contributed by atoms with Gasteiger partial charge >= 0.3 is 0 Å². The quantitative estimate of drug-likeness (QED) is 0.182. The summed E-state index contributed by atoms with van der Waals surface area (Å²) in [5.74, 6) is -1.15. The van der Waals surface area contributed by atoms with Gasteiger partial charge in [0, 0.05) is 71.7 Å². The summed E-state index contributed by atoms with van der Waals surface area (Å²) in [6.07, 6.45) is 3.99. The van der Waals surface area contributed by atoms with Gasteiger partial charge in [-0.15, -0.1) is 11.3 Å². The zero-order valence-electron chi connectivity index (χ0n) is 29.9. The van der Waals surface area contributed by atoms with Crippen molar-refractivity contribution in [2.45, 2.75) is 33.1 Å². The van der Waals surface area contributed by atoms with Crippen LogP contribution in [0, 0.1) is 36.4 Å². The Hall–Kier alpha value is -5.90. The summed E-state index contributed by atoms with van der Waals surface area (Å²) in [5.41, 5.74) is 5.49. The number of carbonyl (C=O) groups is 3. The van der Waals surface area contributed by atoms with Crippen molar-refractivity contribution in [1.29, 1.82) is 5.26 Å². The molecule has 0 unspecified atom stereocenters. The number of ether oxygens (including phenoxy) is 1. The second kappa shape index (κ2) is 14.2. The first kappa shape index (κ1) is 35.1. The summed E-state index contributed by atoms with van der Waals surface area (Å²) in [5, 5.41) is 15.3. The number of thiophene rings is 1. The van der Waals surface area contributed by atoms with E-state index in [9.17, 15) is 19.6 Å². The van der Waals surface area contributed by atoms with Crippen molar-refractivity contribution in [2.75, 3.05) is 53.3 Å². The van der Waals surface area contributed by atoms with Gasteiger partial charge in [0.2, 0.25) is 0 Å². The van der Waals surface area contributed by atoms with Crippen molar-refractivity contribution in [3.05, 3.63) is 123 Å². The van der Waals surface area contributed by atoms with E-state index in [-0.39, 0.29) is 35.1 Å². The fourth-order valence-electron chi connectivity index (χ4n) is 7.65. The minimum absolute atomic E-state index is 0.0824. The van der Waals surface area contributed by atoms with Gasteiger partial charge in [0.15, 0.2) is 5.82 Å². The number of benzene rings is 3. The van der Waals surface area contributed by atoms with Crippen LogP contribution >= 0.6 is 11.3 Å². The first-order chi connectivity index (χ1) is 26.1. The van der Waals surface area contributed by atoms with E-state index in [4.69, 9.17) is 4.74 Å². The van der Waals surface area contributed by atoms with E-state index in [1.165, 1.54) is 0 Å². The molecule has 5 aromatic rings. The molecule has 2 aromatic heterocycles. The van der Waals surface area contributed by atoms with Crippen molar-refractivity contribution in [3.63, 3.8) is 0 Å². The molecule has 2 saturated heterocycles. The van der Waals surface area contributed by atoms with E-state index in [1.807, 2.05) is 37.3 Å². The highest BCUT2D eigenvalue weighted by molar-refractivity contribution is 7.17. The number of anilines is 4. The fourth-order valence-corrected chi connectivity index (χ4v) is 8.81. The zero-order valence-corrected chi connectivity index (χ0v) is 30.7. The third-order valence-electron chi connectivity index (χ3n) is 10.6. The minimum atomic E-state index is -0.632. The number of aromatic nitrogens is 1. The van der Waals surface area contributed by atoms with Gasteiger partial charge in [-0.3, -0.25) is 14.4 Å². The molecule has 2 fully saturated rings. The zero-order chi connectivity index (χ0) is 37.6. The summed E-state index contributed by atoms with van der Waals surface area (Å²) in [6, 6.07) is 23.1. The lowest BCUT2D eigenvalue weighted by molar-refractivity contribution is -0.000511. The maximum absolute atomic E-state index is 16.1. The summed E-state index contributed by atoms with van der Waals surface area (Å²) in [4.78, 5) is 50.0. The summed E-state index contributed by atoms with van der Waals surface area (Å²) in [6.45, 7) is 7.09. The van der Waals surface area contributed by atoms with Crippen molar-refractivity contribution in [2.24, 2.45) is 5.41 Å². The number of rotatable bonds is 6. The summed E-state index contributed by atoms with van der Waals surface area (Å²) in [7, 11) is 0. The molecule has 10 nitrogen and oxygen atoms in total. The van der Waals surface area contributed by atoms with E-state index in [0.29, 0.717) is 61.1 Å². The number of aryl methyl sites for hydroxylation is 2. The van der Waals surface area contributed by atoms with Crippen LogP contribution in [0.2, 0.25) is 0 Å². The molecule has 3 aromatic carbocycles. The van der Waals surface area contributed by atoms with Crippen LogP contribution in [0.3, 0.4) is 0 Å². The van der Waals surface area contributed by atoms with Gasteiger partial charge in [-0.05, 0) is 86.7 Å². The van der Waals surface area contributed by atoms with Crippen molar-refractivity contribution < 1.29 is 23.5 Å². The Kier molecular flexibility index (Phi) is 9.21. The summed E-state index contributed by atoms with van der Waals surface area (Å²) < 4.78 is 21.6. The Morgan fingerprint density at radius 1 is 0.963 bits per heavy atom. The third kappa shape index (κ3) is 6.39. The number of nitrogens with one attached hydrogen (secondary N) is 2. The number of halogens is 1. The smallest absolute Gasteiger partial charge is 0.268 e. The van der Waals surface area contributed by atoms with Crippen LogP contribution in [0.5, 0.6) is 0 Å². The molecule has 3 aliphatic heterocycles. The number of carbonyl (C=O) groups excluding carboxylic acids is 3. The topological polar surface area (TPSA) is 128 Å². The standard InChI is InChI=1S/C42H37FN6O4S/c1-25-20-32(38(45-22-25)48-23-42(24-48)15-18-53-19-16-42)39(50)46-29-12-10-27(11-13-29)41(52)49-17-14-31-34(43)37(54-36(31)30-8-3-4-9-33(30)49)40(51)47-35-26(2)6-5-7-28(35)21-44/h3-13,20,22H,14-19,23-24H2,1-2H3,(H,46,50)(H,47,51). The Labute approximate surface area is 316 Å². The Bertz CT molecular complexity index is 2350. The normalized spacial score (nSPS) is 15.7. The molecule has 1 spiro atoms. The van der Waals surface area contributed by atoms with Crippen LogP contribution in [0.4, 0.5) is 27.3 Å². The number of para-hydroxylation sites is 2. The lowest BCUT2D eigenvalue weighted by Gasteiger charge is -2.53. The highest BCUT2D eigenvalue weighted by Gasteiger charge is 2.45. The average molecular weight is 741 g/mol. The van der Waals surface area contributed by atoms with Gasteiger partial charge in [-0.25, -0.2) is 9.37 Å². The molecule has 0 saturated carbocycles. The van der Waals surface area contributed by atoms with Crippen LogP contribution < -0.4 is 20.4 Å². The average Bonchev–Trinajstić information content (AvgIpc) is 3.41. The van der Waals surface area contributed by atoms with Crippen LogP contribution in [-0.4, -0.2) is 55.6 Å². The predicted octanol–water partition coefficient (Wildman–Crippen LogP) is 7.76. The maximum Gasteiger partial charge on any atom is 0.268 e. The predicted molar refractivity (Wildman–Crippen MR) is 207 cm³/mol. The Balaban J connectivity index is 0.993. The fraction of sp³-hybridized carbons (Fsp3) is 0.262. The second-order valence-corrected chi connectivity index (χ2v) is 15.2. The van der Waals surface area contributed by atoms with E-state index in [0.717, 1.165) is 56.0 Å². The Morgan fingerprint density at radius 2 is 1.72 bits per heavy atom. The highest BCUT2D eigenvalue weighted by atomic mass is 32.1. The number of nitrogens with zero attached hydrogens (tertiary/aromatic N) is 4. The third-order valence-corrected chi connectivity index (χ3v) is 11.8. The number of hydrogen-bond acceptors (Lipinski definition) is 8. The van der Waals surface area contributed by atoms with Crippen LogP contribution in [-0.2, 0) is 11.2 Å². The van der Waals surface area contributed by atoms with E-state index < -0.39 is 11.7 Å². The Morgan fingerprint density at radius 3 is 2.48 bits per heavy atom. The van der Waals surface area contributed by atoms with Crippen molar-refractivity contribution >= 4 is 51.9 Å². The molecule has 8 rings (SSSR count). The highest BCUT2D eigenvalue weighted by Crippen LogP contribution is 2.45. The number of pyridine rings is 1. The van der Waals surface area contributed by atoms with E-state index in [2.05, 4.69) is 26.6 Å². The molecule has 0 bridgehead atoms. The van der Waals surface area contributed by atoms with Gasteiger partial charge in [-0.1, -0.05) is 30.3 Å². The van der Waals surface area contributed by atoms with Crippen molar-refractivity contribution in [3.8, 4) is 16.5 Å². The molecular formula is C42H37FN6O4S. The van der Waals surface area contributed by atoms with Gasteiger partial charge in [0.1, 0.15) is 16.8 Å². The molecule has 0 radical (unpaired) electrons. The lowest BCUT2D eigenvalue weighted by atomic mass is 9.73. The molecule has 12 heteroatoms. The minimum Gasteiger partial charge on any atom is -0.381 e. The molecule has 0 atom stereocenters. The largest absolute Gasteiger partial charge is 0.381 e. The van der Waals surface area contributed by atoms with Gasteiger partial charge in [0.25, 0.3) is 17.7 Å². The number of nitriles is 1. The molecule has 2 N–H and O–H groups in total. The van der Waals surface area contributed by atoms with Crippen LogP contribution in [0.25, 0.3) is 10.4 Å². The van der Waals surface area contributed by atoms with E-state index >= 15 is 4.39 Å². The maximum atomic E-state index is 16.1. The first-order valence-corrected chi connectivity index (χ1v) is 18.7. The van der Waals surface area contributed by atoms with Crippen molar-refractivity contribution in [1.82, 2.24) is 4.98 Å². The molecule has 54 heavy (non-hydrogen) atoms. The molecule has 272 valence electrons. The lowest BCUT2D eigenvalue weighted by Crippen LogP contribution is -2.59. The molecular weight excluding hydrogens is 704 g/mol. The summed E-state index contributed by atoms with van der Waals surface area (Å²) >= 11 is 1.03. The first-order valence-electron chi connectivity index (χ1n) is 17.9. The van der Waals surface area contributed by atoms with Crippen LogP contribution in [0.1, 0.15) is 65.5 Å².